The first-order valence-electron chi connectivity index (χ1n) is 10.5. The van der Waals surface area contributed by atoms with Crippen LogP contribution in [0, 0.1) is 6.92 Å². The van der Waals surface area contributed by atoms with E-state index in [1.165, 1.54) is 18.4 Å². The molecule has 2 aromatic carbocycles. The van der Waals surface area contributed by atoms with Crippen LogP contribution in [0.4, 0.5) is 5.13 Å². The number of aromatic nitrogens is 2. The highest BCUT2D eigenvalue weighted by atomic mass is 35.5. The molecule has 0 saturated heterocycles. The minimum atomic E-state index is -0.192. The maximum absolute atomic E-state index is 13.6. The third-order valence-corrected chi connectivity index (χ3v) is 6.56. The number of methoxy groups -OCH3 is 1. The van der Waals surface area contributed by atoms with E-state index in [9.17, 15) is 9.59 Å². The lowest BCUT2D eigenvalue weighted by molar-refractivity contribution is -0.118. The summed E-state index contributed by atoms with van der Waals surface area (Å²) in [5.41, 5.74) is 3.30. The van der Waals surface area contributed by atoms with Crippen LogP contribution >= 0.6 is 22.9 Å². The maximum Gasteiger partial charge on any atom is 0.233 e. The number of nitrogens with one attached hydrogen (secondary N) is 1. The van der Waals surface area contributed by atoms with E-state index in [0.717, 1.165) is 16.8 Å². The zero-order valence-electron chi connectivity index (χ0n) is 18.8. The van der Waals surface area contributed by atoms with Gasteiger partial charge in [-0.1, -0.05) is 11.6 Å². The van der Waals surface area contributed by atoms with E-state index in [0.29, 0.717) is 32.4 Å². The smallest absolute Gasteiger partial charge is 0.233 e. The zero-order valence-corrected chi connectivity index (χ0v) is 20.4. The van der Waals surface area contributed by atoms with Crippen molar-refractivity contribution in [1.29, 1.82) is 0 Å². The molecule has 0 aliphatic rings. The van der Waals surface area contributed by atoms with Gasteiger partial charge in [0.1, 0.15) is 5.75 Å². The molecule has 0 aliphatic carbocycles. The molecule has 1 N–H and O–H groups in total. The number of halogens is 1. The fraction of sp³-hybridized carbons (Fsp3) is 0.240. The number of anilines is 1. The molecule has 0 bridgehead atoms. The standard InChI is InChI=1S/C25H24ClN3O3S/c1-14(2)29(25-27-11-12-33-25)21(30)13-18-15(3)28-19-9-10-20(32-4)23(22(18)19)24(31)16-5-7-17(26)8-6-16/h5-12,14,28H,13H2,1-4H3. The van der Waals surface area contributed by atoms with Crippen LogP contribution in [0.1, 0.15) is 41.0 Å². The molecule has 0 fully saturated rings. The van der Waals surface area contributed by atoms with Gasteiger partial charge in [0.2, 0.25) is 5.91 Å². The predicted molar refractivity (Wildman–Crippen MR) is 133 cm³/mol. The Hall–Kier alpha value is -3.16. The molecule has 0 saturated carbocycles. The van der Waals surface area contributed by atoms with Gasteiger partial charge in [-0.2, -0.15) is 0 Å². The number of fused-ring (bicyclic) bond motifs is 1. The van der Waals surface area contributed by atoms with Crippen LogP contribution in [-0.4, -0.2) is 34.8 Å². The molecule has 4 rings (SSSR count). The van der Waals surface area contributed by atoms with Crippen LogP contribution in [0.3, 0.4) is 0 Å². The number of hydrogen-bond donors (Lipinski definition) is 1. The molecule has 170 valence electrons. The van der Waals surface area contributed by atoms with Crippen molar-refractivity contribution in [2.45, 2.75) is 33.2 Å². The van der Waals surface area contributed by atoms with Crippen molar-refractivity contribution < 1.29 is 14.3 Å². The topological polar surface area (TPSA) is 75.3 Å². The summed E-state index contributed by atoms with van der Waals surface area (Å²) in [4.78, 5) is 36.4. The number of ether oxygens (including phenoxy) is 1. The number of H-pyrrole nitrogens is 1. The van der Waals surface area contributed by atoms with Crippen molar-refractivity contribution in [3.8, 4) is 5.75 Å². The van der Waals surface area contributed by atoms with Crippen LogP contribution in [0.2, 0.25) is 5.02 Å². The second kappa shape index (κ2) is 9.37. The van der Waals surface area contributed by atoms with E-state index >= 15 is 0 Å². The molecule has 4 aromatic rings. The Morgan fingerprint density at radius 1 is 1.18 bits per heavy atom. The van der Waals surface area contributed by atoms with E-state index in [4.69, 9.17) is 16.3 Å². The van der Waals surface area contributed by atoms with Crippen LogP contribution in [0.5, 0.6) is 5.75 Å². The molecule has 0 spiro atoms. The zero-order chi connectivity index (χ0) is 23.7. The van der Waals surface area contributed by atoms with E-state index in [1.54, 1.807) is 41.4 Å². The first-order chi connectivity index (χ1) is 15.8. The number of hydrogen-bond acceptors (Lipinski definition) is 5. The predicted octanol–water partition coefficient (Wildman–Crippen LogP) is 5.81. The second-order valence-electron chi connectivity index (χ2n) is 7.98. The number of nitrogens with zero attached hydrogens (tertiary/aromatic N) is 2. The molecule has 2 aromatic heterocycles. The lowest BCUT2D eigenvalue weighted by Crippen LogP contribution is -2.38. The first kappa shape index (κ1) is 23.0. The summed E-state index contributed by atoms with van der Waals surface area (Å²) in [5, 5.41) is 3.75. The van der Waals surface area contributed by atoms with Crippen molar-refractivity contribution in [2.75, 3.05) is 12.0 Å². The second-order valence-corrected chi connectivity index (χ2v) is 9.29. The van der Waals surface area contributed by atoms with Gasteiger partial charge >= 0.3 is 0 Å². The van der Waals surface area contributed by atoms with Crippen molar-refractivity contribution in [3.05, 3.63) is 75.4 Å². The summed E-state index contributed by atoms with van der Waals surface area (Å²) in [6.45, 7) is 5.83. The van der Waals surface area contributed by atoms with Gasteiger partial charge in [0.25, 0.3) is 0 Å². The first-order valence-corrected chi connectivity index (χ1v) is 11.8. The number of carbonyl (C=O) groups is 2. The minimum absolute atomic E-state index is 0.0566. The van der Waals surface area contributed by atoms with Gasteiger partial charge < -0.3 is 9.72 Å². The number of benzene rings is 2. The van der Waals surface area contributed by atoms with Crippen LogP contribution in [0.15, 0.2) is 48.0 Å². The van der Waals surface area contributed by atoms with Gasteiger partial charge in [0.15, 0.2) is 10.9 Å². The number of amides is 1. The molecular formula is C25H24ClN3O3S. The van der Waals surface area contributed by atoms with E-state index in [-0.39, 0.29) is 24.2 Å². The Bertz CT molecular complexity index is 1310. The minimum Gasteiger partial charge on any atom is -0.496 e. The van der Waals surface area contributed by atoms with Crippen molar-refractivity contribution in [1.82, 2.24) is 9.97 Å². The SMILES string of the molecule is COc1ccc2[nH]c(C)c(CC(=O)N(c3nccs3)C(C)C)c2c1C(=O)c1ccc(Cl)cc1. The normalized spacial score (nSPS) is 11.2. The Kier molecular flexibility index (Phi) is 6.54. The van der Waals surface area contributed by atoms with E-state index in [2.05, 4.69) is 9.97 Å². The molecule has 2 heterocycles. The quantitative estimate of drug-likeness (QED) is 0.338. The van der Waals surface area contributed by atoms with Crippen molar-refractivity contribution >= 4 is 50.7 Å². The molecular weight excluding hydrogens is 458 g/mol. The van der Waals surface area contributed by atoms with Gasteiger partial charge in [-0.3, -0.25) is 14.5 Å². The third kappa shape index (κ3) is 4.38. The summed E-state index contributed by atoms with van der Waals surface area (Å²) in [6.07, 6.45) is 1.81. The maximum atomic E-state index is 13.6. The number of rotatable bonds is 7. The average Bonchev–Trinajstić information content (AvgIpc) is 3.41. The molecule has 1 amide bonds. The van der Waals surface area contributed by atoms with Gasteiger partial charge in [-0.25, -0.2) is 4.98 Å². The van der Waals surface area contributed by atoms with Gasteiger partial charge in [0.05, 0.1) is 19.1 Å². The van der Waals surface area contributed by atoms with Gasteiger partial charge in [-0.15, -0.1) is 11.3 Å². The largest absolute Gasteiger partial charge is 0.496 e. The highest BCUT2D eigenvalue weighted by molar-refractivity contribution is 7.13. The number of thiazole rings is 1. The van der Waals surface area contributed by atoms with Gasteiger partial charge in [-0.05, 0) is 62.7 Å². The summed E-state index contributed by atoms with van der Waals surface area (Å²) >= 11 is 7.43. The Balaban J connectivity index is 1.84. The molecule has 0 atom stereocenters. The number of aryl methyl sites for hydroxylation is 1. The van der Waals surface area contributed by atoms with Crippen LogP contribution in [-0.2, 0) is 11.2 Å². The van der Waals surface area contributed by atoms with E-state index in [1.807, 2.05) is 32.2 Å². The number of carbonyl (C=O) groups excluding carboxylic acids is 2. The monoisotopic (exact) mass is 481 g/mol. The number of ketones is 1. The number of aromatic amines is 1. The summed E-state index contributed by atoms with van der Waals surface area (Å²) < 4.78 is 5.57. The molecule has 33 heavy (non-hydrogen) atoms. The lowest BCUT2D eigenvalue weighted by atomic mass is 9.95. The summed E-state index contributed by atoms with van der Waals surface area (Å²) in [6, 6.07) is 10.3. The van der Waals surface area contributed by atoms with Crippen LogP contribution in [0.25, 0.3) is 10.9 Å². The Labute approximate surface area is 201 Å². The molecule has 0 aliphatic heterocycles. The third-order valence-electron chi connectivity index (χ3n) is 5.54. The highest BCUT2D eigenvalue weighted by Gasteiger charge is 2.27. The van der Waals surface area contributed by atoms with Gasteiger partial charge in [0, 0.05) is 44.8 Å². The fourth-order valence-electron chi connectivity index (χ4n) is 4.02. The average molecular weight is 482 g/mol. The van der Waals surface area contributed by atoms with Crippen molar-refractivity contribution in [3.63, 3.8) is 0 Å². The van der Waals surface area contributed by atoms with Crippen LogP contribution < -0.4 is 9.64 Å². The molecule has 0 radical (unpaired) electrons. The van der Waals surface area contributed by atoms with E-state index < -0.39 is 0 Å². The lowest BCUT2D eigenvalue weighted by Gasteiger charge is -2.24. The van der Waals surface area contributed by atoms with Crippen molar-refractivity contribution in [2.24, 2.45) is 0 Å². The Morgan fingerprint density at radius 3 is 2.52 bits per heavy atom. The molecule has 0 unspecified atom stereocenters. The Morgan fingerprint density at radius 2 is 1.91 bits per heavy atom. The molecule has 8 heteroatoms. The summed E-state index contributed by atoms with van der Waals surface area (Å²) in [7, 11) is 1.53. The summed E-state index contributed by atoms with van der Waals surface area (Å²) in [5.74, 6) is 0.176. The highest BCUT2D eigenvalue weighted by Crippen LogP contribution is 2.35. The molecule has 6 nitrogen and oxygen atoms in total. The fourth-order valence-corrected chi connectivity index (χ4v) is 4.93.